The number of aryl methyl sites for hydroxylation is 1. The molecule has 2 atom stereocenters. The third-order valence-electron chi connectivity index (χ3n) is 3.06. The number of nitrogens with zero attached hydrogens (tertiary/aromatic N) is 1. The first-order chi connectivity index (χ1) is 8.06. The number of para-hydroxylation sites is 1. The van der Waals surface area contributed by atoms with Crippen LogP contribution in [0.2, 0.25) is 0 Å². The van der Waals surface area contributed by atoms with Gasteiger partial charge in [-0.15, -0.1) is 0 Å². The largest absolute Gasteiger partial charge is 0.272 e. The zero-order valence-electron chi connectivity index (χ0n) is 10.2. The molecule has 3 nitrogen and oxygen atoms in total. The van der Waals surface area contributed by atoms with E-state index in [2.05, 4.69) is 29.8 Å². The summed E-state index contributed by atoms with van der Waals surface area (Å²) in [7, 11) is 0. The molecule has 0 aliphatic rings. The van der Waals surface area contributed by atoms with Gasteiger partial charge in [0.2, 0.25) is 0 Å². The van der Waals surface area contributed by atoms with Crippen LogP contribution in [0.1, 0.15) is 32.3 Å². The number of halogens is 1. The third-order valence-corrected chi connectivity index (χ3v) is 4.61. The minimum absolute atomic E-state index is 0.238. The molecule has 0 aromatic heterocycles. The Morgan fingerprint density at radius 3 is 2.65 bits per heavy atom. The number of hydrogen-bond donors (Lipinski definition) is 0. The summed E-state index contributed by atoms with van der Waals surface area (Å²) in [5.41, 5.74) is 1.07. The topological polar surface area (TPSA) is 43.1 Å². The van der Waals surface area contributed by atoms with Crippen molar-refractivity contribution in [2.24, 2.45) is 5.92 Å². The maximum atomic E-state index is 10.9. The quantitative estimate of drug-likeness (QED) is 0.445. The standard InChI is InChI=1S/C13H18BrNO2/c1-3-12(14)10(2)8-9-11-6-4-5-7-13(11)15(16)17/h4-7,10,12H,3,8-9H2,1-2H3. The molecule has 1 aromatic rings. The van der Waals surface area contributed by atoms with Crippen molar-refractivity contribution >= 4 is 21.6 Å². The van der Waals surface area contributed by atoms with Crippen LogP contribution in [0.4, 0.5) is 5.69 Å². The molecule has 0 heterocycles. The highest BCUT2D eigenvalue weighted by molar-refractivity contribution is 9.09. The molecule has 94 valence electrons. The van der Waals surface area contributed by atoms with Gasteiger partial charge in [-0.3, -0.25) is 10.1 Å². The second kappa shape index (κ2) is 6.74. The van der Waals surface area contributed by atoms with Crippen LogP contribution in [-0.4, -0.2) is 9.75 Å². The Hall–Kier alpha value is -0.900. The Kier molecular flexibility index (Phi) is 5.62. The predicted octanol–water partition coefficient (Wildman–Crippen LogP) is 4.34. The highest BCUT2D eigenvalue weighted by Crippen LogP contribution is 2.24. The number of nitro groups is 1. The summed E-state index contributed by atoms with van der Waals surface area (Å²) in [6.45, 7) is 4.32. The van der Waals surface area contributed by atoms with E-state index in [1.54, 1.807) is 12.1 Å². The van der Waals surface area contributed by atoms with Crippen LogP contribution in [0, 0.1) is 16.0 Å². The van der Waals surface area contributed by atoms with Crippen LogP contribution >= 0.6 is 15.9 Å². The fourth-order valence-corrected chi connectivity index (χ4v) is 2.13. The van der Waals surface area contributed by atoms with Crippen molar-refractivity contribution in [1.29, 1.82) is 0 Å². The van der Waals surface area contributed by atoms with Crippen molar-refractivity contribution in [3.05, 3.63) is 39.9 Å². The van der Waals surface area contributed by atoms with Crippen molar-refractivity contribution < 1.29 is 4.92 Å². The van der Waals surface area contributed by atoms with Crippen LogP contribution in [0.25, 0.3) is 0 Å². The second-order valence-electron chi connectivity index (χ2n) is 4.33. The molecular weight excluding hydrogens is 282 g/mol. The second-order valence-corrected chi connectivity index (χ2v) is 5.50. The van der Waals surface area contributed by atoms with E-state index >= 15 is 0 Å². The molecule has 0 saturated heterocycles. The van der Waals surface area contributed by atoms with E-state index in [-0.39, 0.29) is 10.6 Å². The highest BCUT2D eigenvalue weighted by Gasteiger charge is 2.16. The van der Waals surface area contributed by atoms with Gasteiger partial charge in [0.1, 0.15) is 0 Å². The summed E-state index contributed by atoms with van der Waals surface area (Å²) in [6.07, 6.45) is 2.81. The fraction of sp³-hybridized carbons (Fsp3) is 0.538. The lowest BCUT2D eigenvalue weighted by molar-refractivity contribution is -0.385. The van der Waals surface area contributed by atoms with Gasteiger partial charge < -0.3 is 0 Å². The Labute approximate surface area is 111 Å². The summed E-state index contributed by atoms with van der Waals surface area (Å²) in [5, 5.41) is 10.9. The van der Waals surface area contributed by atoms with Crippen molar-refractivity contribution in [3.8, 4) is 0 Å². The number of rotatable bonds is 6. The minimum atomic E-state index is -0.300. The lowest BCUT2D eigenvalue weighted by Gasteiger charge is -2.16. The molecule has 0 saturated carbocycles. The smallest absolute Gasteiger partial charge is 0.258 e. The number of benzene rings is 1. The monoisotopic (exact) mass is 299 g/mol. The van der Waals surface area contributed by atoms with Gasteiger partial charge in [0, 0.05) is 16.5 Å². The van der Waals surface area contributed by atoms with E-state index in [4.69, 9.17) is 0 Å². The molecule has 0 radical (unpaired) electrons. The van der Waals surface area contributed by atoms with E-state index in [0.717, 1.165) is 24.8 Å². The van der Waals surface area contributed by atoms with Crippen molar-refractivity contribution in [3.63, 3.8) is 0 Å². The van der Waals surface area contributed by atoms with Crippen molar-refractivity contribution in [2.45, 2.75) is 37.9 Å². The average Bonchev–Trinajstić information content (AvgIpc) is 2.35. The third kappa shape index (κ3) is 4.11. The summed E-state index contributed by atoms with van der Waals surface area (Å²) in [5.74, 6) is 0.528. The molecule has 4 heteroatoms. The first-order valence-electron chi connectivity index (χ1n) is 5.92. The van der Waals surface area contributed by atoms with Crippen LogP contribution in [0.3, 0.4) is 0 Å². The average molecular weight is 300 g/mol. The van der Waals surface area contributed by atoms with E-state index in [9.17, 15) is 10.1 Å². The molecule has 0 N–H and O–H groups in total. The lowest BCUT2D eigenvalue weighted by atomic mass is 9.96. The van der Waals surface area contributed by atoms with Gasteiger partial charge in [0.25, 0.3) is 5.69 Å². The van der Waals surface area contributed by atoms with Crippen LogP contribution in [0.5, 0.6) is 0 Å². The molecule has 0 bridgehead atoms. The summed E-state index contributed by atoms with van der Waals surface area (Å²) < 4.78 is 0. The van der Waals surface area contributed by atoms with Crippen molar-refractivity contribution in [1.82, 2.24) is 0 Å². The molecule has 0 fully saturated rings. The van der Waals surface area contributed by atoms with E-state index in [1.807, 2.05) is 12.1 Å². The first kappa shape index (κ1) is 14.2. The number of hydrogen-bond acceptors (Lipinski definition) is 2. The van der Waals surface area contributed by atoms with Crippen molar-refractivity contribution in [2.75, 3.05) is 0 Å². The van der Waals surface area contributed by atoms with Gasteiger partial charge in [0.05, 0.1) is 4.92 Å². The Bertz CT molecular complexity index is 381. The SMILES string of the molecule is CCC(Br)C(C)CCc1ccccc1[N+](=O)[O-]. The van der Waals surface area contributed by atoms with Gasteiger partial charge in [-0.2, -0.15) is 0 Å². The normalized spacial score (nSPS) is 14.3. The van der Waals surface area contributed by atoms with Gasteiger partial charge in [-0.05, 0) is 25.2 Å². The zero-order valence-corrected chi connectivity index (χ0v) is 11.8. The molecule has 1 aromatic carbocycles. The predicted molar refractivity (Wildman–Crippen MR) is 73.6 cm³/mol. The first-order valence-corrected chi connectivity index (χ1v) is 6.84. The molecule has 2 unspecified atom stereocenters. The van der Waals surface area contributed by atoms with Gasteiger partial charge in [-0.25, -0.2) is 0 Å². The Morgan fingerprint density at radius 2 is 2.06 bits per heavy atom. The number of alkyl halides is 1. The molecule has 0 aliphatic heterocycles. The van der Waals surface area contributed by atoms with Gasteiger partial charge >= 0.3 is 0 Å². The molecular formula is C13H18BrNO2. The maximum absolute atomic E-state index is 10.9. The number of nitro benzene ring substituents is 1. The fourth-order valence-electron chi connectivity index (χ4n) is 1.87. The lowest BCUT2D eigenvalue weighted by Crippen LogP contribution is -2.11. The van der Waals surface area contributed by atoms with Crippen LogP contribution < -0.4 is 0 Å². The van der Waals surface area contributed by atoms with Crippen LogP contribution in [0.15, 0.2) is 24.3 Å². The maximum Gasteiger partial charge on any atom is 0.272 e. The highest BCUT2D eigenvalue weighted by atomic mass is 79.9. The van der Waals surface area contributed by atoms with Gasteiger partial charge in [0.15, 0.2) is 0 Å². The summed E-state index contributed by atoms with van der Waals surface area (Å²) in [6, 6.07) is 6.99. The Balaban J connectivity index is 2.66. The summed E-state index contributed by atoms with van der Waals surface area (Å²) >= 11 is 3.63. The molecule has 0 aliphatic carbocycles. The zero-order chi connectivity index (χ0) is 12.8. The minimum Gasteiger partial charge on any atom is -0.258 e. The Morgan fingerprint density at radius 1 is 1.41 bits per heavy atom. The molecule has 1 rings (SSSR count). The van der Waals surface area contributed by atoms with Crippen LogP contribution in [-0.2, 0) is 6.42 Å². The van der Waals surface area contributed by atoms with E-state index < -0.39 is 0 Å². The molecule has 17 heavy (non-hydrogen) atoms. The van der Waals surface area contributed by atoms with E-state index in [0.29, 0.717) is 10.7 Å². The summed E-state index contributed by atoms with van der Waals surface area (Å²) in [4.78, 5) is 11.0. The molecule has 0 amide bonds. The van der Waals surface area contributed by atoms with Gasteiger partial charge in [-0.1, -0.05) is 48.0 Å². The molecule has 0 spiro atoms. The van der Waals surface area contributed by atoms with E-state index in [1.165, 1.54) is 0 Å².